The van der Waals surface area contributed by atoms with E-state index in [1.807, 2.05) is 0 Å². The van der Waals surface area contributed by atoms with Crippen molar-refractivity contribution < 1.29 is 4.79 Å². The highest BCUT2D eigenvalue weighted by atomic mass is 31.2. The lowest BCUT2D eigenvalue weighted by Gasteiger charge is -1.93. The molecule has 1 rings (SSSR count). The Bertz CT molecular complexity index is 192. The molecule has 0 aliphatic rings. The number of allylic oxidation sites excluding steroid dienone is 1. The van der Waals surface area contributed by atoms with Gasteiger partial charge in [-0.15, -0.1) is 0 Å². The van der Waals surface area contributed by atoms with Gasteiger partial charge in [0.25, 0.3) is 0 Å². The third-order valence-electron chi connectivity index (χ3n) is 0.657. The molecule has 1 heterocycles. The number of nitrogens with zero attached hydrogens (tertiary/aromatic N) is 1. The molecule has 0 amide bonds. The molecule has 0 fully saturated rings. The SMILES string of the molecule is C=CC(=O)p1np[nH]1. The summed E-state index contributed by atoms with van der Waals surface area (Å²) in [5, 5.41) is 0. The molecule has 3 nitrogen and oxygen atoms in total. The lowest BCUT2D eigenvalue weighted by molar-refractivity contribution is 0.109. The summed E-state index contributed by atoms with van der Waals surface area (Å²) in [6.07, 6.45) is 1.30. The van der Waals surface area contributed by atoms with Crippen molar-refractivity contribution in [2.75, 3.05) is 0 Å². The minimum atomic E-state index is -0.853. The average Bonchev–Trinajstić information content (AvgIpc) is 1.62. The largest absolute Gasteiger partial charge is 0.292 e. The minimum Gasteiger partial charge on any atom is -0.292 e. The summed E-state index contributed by atoms with van der Waals surface area (Å²) >= 11 is 0. The molecule has 0 radical (unpaired) electrons. The Hall–Kier alpha value is -0.390. The summed E-state index contributed by atoms with van der Waals surface area (Å²) in [5.41, 5.74) is 0.0127. The van der Waals surface area contributed by atoms with Crippen molar-refractivity contribution in [1.82, 2.24) is 9.02 Å². The first-order valence-electron chi connectivity index (χ1n) is 1.97. The van der Waals surface area contributed by atoms with E-state index in [-0.39, 0.29) is 5.52 Å². The van der Waals surface area contributed by atoms with Gasteiger partial charge in [-0.1, -0.05) is 6.58 Å². The normalized spacial score (nSPS) is 12.2. The molecule has 0 saturated carbocycles. The number of carbonyl (C=O) groups excluding carboxylic acids is 1. The average molecular weight is 146 g/mol. The van der Waals surface area contributed by atoms with Crippen LogP contribution in [0.3, 0.4) is 0 Å². The molecule has 8 heavy (non-hydrogen) atoms. The van der Waals surface area contributed by atoms with Crippen molar-refractivity contribution >= 4 is 21.9 Å². The van der Waals surface area contributed by atoms with Gasteiger partial charge in [-0.3, -0.25) is 9.30 Å². The molecule has 0 spiro atoms. The molecule has 1 atom stereocenters. The highest BCUT2D eigenvalue weighted by Crippen LogP contribution is 2.26. The minimum absolute atomic E-state index is 0.0127. The molecular weight excluding hydrogens is 142 g/mol. The number of hydrogen-bond donors (Lipinski definition) is 1. The summed E-state index contributed by atoms with van der Waals surface area (Å²) in [6.45, 7) is 3.33. The van der Waals surface area contributed by atoms with Gasteiger partial charge in [0.15, 0.2) is 0 Å². The molecule has 0 aliphatic heterocycles. The molecule has 0 aliphatic carbocycles. The third-order valence-corrected chi connectivity index (χ3v) is 3.45. The quantitative estimate of drug-likeness (QED) is 0.646. The van der Waals surface area contributed by atoms with Gasteiger partial charge in [0.1, 0.15) is 16.4 Å². The molecule has 0 saturated heterocycles. The summed E-state index contributed by atoms with van der Waals surface area (Å²) in [6, 6.07) is 0. The van der Waals surface area contributed by atoms with Gasteiger partial charge in [-0.05, 0) is 6.08 Å². The summed E-state index contributed by atoms with van der Waals surface area (Å²) in [5.74, 6) is 0. The van der Waals surface area contributed by atoms with E-state index in [1.54, 1.807) is 0 Å². The van der Waals surface area contributed by atoms with E-state index >= 15 is 0 Å². The first-order chi connectivity index (χ1) is 3.84. The van der Waals surface area contributed by atoms with Gasteiger partial charge in [0.2, 0.25) is 5.52 Å². The number of rotatable bonds is 2. The van der Waals surface area contributed by atoms with E-state index < -0.39 is 7.85 Å². The maximum Gasteiger partial charge on any atom is 0.234 e. The van der Waals surface area contributed by atoms with Crippen molar-refractivity contribution in [2.45, 2.75) is 0 Å². The highest BCUT2D eigenvalue weighted by Gasteiger charge is 2.01. The van der Waals surface area contributed by atoms with Crippen molar-refractivity contribution in [1.29, 1.82) is 0 Å². The maximum atomic E-state index is 10.5. The van der Waals surface area contributed by atoms with Gasteiger partial charge >= 0.3 is 0 Å². The third kappa shape index (κ3) is 0.885. The first-order valence-corrected chi connectivity index (χ1v) is 4.11. The Morgan fingerprint density at radius 2 is 2.62 bits per heavy atom. The molecule has 0 bridgehead atoms. The predicted octanol–water partition coefficient (Wildman–Crippen LogP) is 1.80. The summed E-state index contributed by atoms with van der Waals surface area (Å²) in [4.78, 5) is 10.5. The lowest BCUT2D eigenvalue weighted by Crippen LogP contribution is -1.83. The standard InChI is InChI=1S/C3H4N2OP2/c1-2-3(6)8-4-7-5-8/h2H,1H2,(H,4,5). The fraction of sp³-hybridized carbons (Fsp3) is 0. The zero-order valence-electron chi connectivity index (χ0n) is 4.03. The maximum absolute atomic E-state index is 10.5. The number of hydrogen-bond acceptors (Lipinski definition) is 2. The van der Waals surface area contributed by atoms with Crippen LogP contribution in [0, 0.1) is 0 Å². The van der Waals surface area contributed by atoms with Crippen molar-refractivity contribution in [2.24, 2.45) is 0 Å². The Labute approximate surface area is 49.2 Å². The number of aromatic amines is 1. The molecule has 42 valence electrons. The predicted molar refractivity (Wildman–Crippen MR) is 34.6 cm³/mol. The van der Waals surface area contributed by atoms with Gasteiger partial charge in [-0.25, -0.2) is 0 Å². The molecule has 0 aromatic carbocycles. The van der Waals surface area contributed by atoms with Gasteiger partial charge in [0.05, 0.1) is 0 Å². The molecule has 1 unspecified atom stereocenters. The Balaban J connectivity index is 2.71. The van der Waals surface area contributed by atoms with Gasteiger partial charge < -0.3 is 0 Å². The van der Waals surface area contributed by atoms with Crippen LogP contribution in [-0.2, 0) is 0 Å². The molecular formula is C3H4N2OP2. The van der Waals surface area contributed by atoms with Crippen LogP contribution in [0.25, 0.3) is 0 Å². The molecule has 1 N–H and O–H groups in total. The fourth-order valence-corrected chi connectivity index (χ4v) is 1.90. The molecule has 1 aromatic rings. The van der Waals surface area contributed by atoms with E-state index in [9.17, 15) is 4.79 Å². The topological polar surface area (TPSA) is 45.8 Å². The number of aromatic nitrogens is 2. The lowest BCUT2D eigenvalue weighted by atomic mass is 10.7. The Morgan fingerprint density at radius 1 is 2.00 bits per heavy atom. The van der Waals surface area contributed by atoms with Crippen LogP contribution in [0.1, 0.15) is 4.79 Å². The van der Waals surface area contributed by atoms with Crippen LogP contribution in [0.2, 0.25) is 0 Å². The van der Waals surface area contributed by atoms with Gasteiger partial charge in [-0.2, -0.15) is 4.51 Å². The van der Waals surface area contributed by atoms with Crippen molar-refractivity contribution in [3.8, 4) is 0 Å². The van der Waals surface area contributed by atoms with E-state index in [4.69, 9.17) is 0 Å². The Morgan fingerprint density at radius 3 is 2.75 bits per heavy atom. The highest BCUT2D eigenvalue weighted by molar-refractivity contribution is 7.70. The van der Waals surface area contributed by atoms with E-state index in [0.29, 0.717) is 0 Å². The monoisotopic (exact) mass is 146 g/mol. The zero-order chi connectivity index (χ0) is 5.98. The summed E-state index contributed by atoms with van der Waals surface area (Å²) in [7, 11) is -0.0252. The second kappa shape index (κ2) is 2.25. The van der Waals surface area contributed by atoms with Crippen LogP contribution in [0.5, 0.6) is 0 Å². The second-order valence-electron chi connectivity index (χ2n) is 1.14. The zero-order valence-corrected chi connectivity index (χ0v) is 5.82. The van der Waals surface area contributed by atoms with E-state index in [1.165, 1.54) is 6.08 Å². The van der Waals surface area contributed by atoms with Crippen LogP contribution in [0.15, 0.2) is 12.7 Å². The second-order valence-corrected chi connectivity index (χ2v) is 3.92. The van der Waals surface area contributed by atoms with Crippen LogP contribution >= 0.6 is 16.4 Å². The first kappa shape index (κ1) is 5.74. The Kier molecular flexibility index (Phi) is 1.62. The van der Waals surface area contributed by atoms with E-state index in [2.05, 4.69) is 15.6 Å². The molecule has 5 heteroatoms. The number of carbonyl (C=O) groups is 1. The molecule has 1 aromatic heterocycles. The van der Waals surface area contributed by atoms with Crippen molar-refractivity contribution in [3.63, 3.8) is 0 Å². The smallest absolute Gasteiger partial charge is 0.234 e. The fourth-order valence-electron chi connectivity index (χ4n) is 0.269. The van der Waals surface area contributed by atoms with Crippen LogP contribution < -0.4 is 0 Å². The van der Waals surface area contributed by atoms with Crippen molar-refractivity contribution in [3.05, 3.63) is 12.7 Å². The number of nitrogens with one attached hydrogen (secondary N) is 1. The van der Waals surface area contributed by atoms with Crippen LogP contribution in [-0.4, -0.2) is 14.5 Å². The summed E-state index contributed by atoms with van der Waals surface area (Å²) < 4.78 is 6.69. The van der Waals surface area contributed by atoms with Crippen LogP contribution in [0.4, 0.5) is 0 Å². The van der Waals surface area contributed by atoms with E-state index in [0.717, 1.165) is 8.51 Å². The van der Waals surface area contributed by atoms with Gasteiger partial charge in [0, 0.05) is 0 Å². The number of H-pyrrole nitrogens is 1.